The number of nitrogens with one attached hydrogen (secondary N) is 1. The zero-order chi connectivity index (χ0) is 16.4. The molecule has 0 aliphatic heterocycles. The van der Waals surface area contributed by atoms with E-state index in [9.17, 15) is 0 Å². The number of fused-ring (bicyclic) bond motifs is 1. The van der Waals surface area contributed by atoms with Crippen molar-refractivity contribution in [1.29, 1.82) is 0 Å². The molecule has 1 N–H and O–H groups in total. The highest BCUT2D eigenvalue weighted by molar-refractivity contribution is 7.17. The van der Waals surface area contributed by atoms with Gasteiger partial charge in [-0.05, 0) is 18.1 Å². The molecular formula is C20H17N3S. The first-order chi connectivity index (χ1) is 11.8. The monoisotopic (exact) mass is 331 g/mol. The van der Waals surface area contributed by atoms with E-state index in [1.54, 1.807) is 17.7 Å². The van der Waals surface area contributed by atoms with Gasteiger partial charge in [-0.25, -0.2) is 9.97 Å². The predicted octanol–water partition coefficient (Wildman–Crippen LogP) is 5.28. The molecule has 118 valence electrons. The Morgan fingerprint density at radius 2 is 1.75 bits per heavy atom. The zero-order valence-electron chi connectivity index (χ0n) is 13.4. The van der Waals surface area contributed by atoms with Crippen LogP contribution in [0.25, 0.3) is 21.3 Å². The van der Waals surface area contributed by atoms with E-state index in [4.69, 9.17) is 0 Å². The lowest BCUT2D eigenvalue weighted by Crippen LogP contribution is -2.02. The van der Waals surface area contributed by atoms with Gasteiger partial charge in [-0.15, -0.1) is 11.3 Å². The SMILES string of the molecule is Cc1ccc(CNc2ncnc3scc(-c4ccccc4)c23)cc1. The maximum absolute atomic E-state index is 4.48. The van der Waals surface area contributed by atoms with Crippen molar-refractivity contribution in [3.05, 3.63) is 77.4 Å². The summed E-state index contributed by atoms with van der Waals surface area (Å²) >= 11 is 1.66. The van der Waals surface area contributed by atoms with Crippen molar-refractivity contribution in [2.75, 3.05) is 5.32 Å². The van der Waals surface area contributed by atoms with Crippen molar-refractivity contribution in [3.63, 3.8) is 0 Å². The molecule has 4 aromatic rings. The third-order valence-corrected chi connectivity index (χ3v) is 4.92. The van der Waals surface area contributed by atoms with Gasteiger partial charge in [0.1, 0.15) is 17.0 Å². The molecule has 0 saturated carbocycles. The predicted molar refractivity (Wildman–Crippen MR) is 101 cm³/mol. The highest BCUT2D eigenvalue weighted by atomic mass is 32.1. The summed E-state index contributed by atoms with van der Waals surface area (Å²) in [7, 11) is 0. The smallest absolute Gasteiger partial charge is 0.139 e. The molecule has 3 nitrogen and oxygen atoms in total. The molecule has 4 rings (SSSR count). The molecule has 0 aliphatic carbocycles. The third-order valence-electron chi connectivity index (χ3n) is 4.04. The van der Waals surface area contributed by atoms with Crippen LogP contribution in [-0.2, 0) is 6.54 Å². The molecule has 0 fully saturated rings. The number of hydrogen-bond donors (Lipinski definition) is 1. The molecule has 2 aromatic carbocycles. The van der Waals surface area contributed by atoms with E-state index in [-0.39, 0.29) is 0 Å². The van der Waals surface area contributed by atoms with Crippen LogP contribution in [0.5, 0.6) is 0 Å². The summed E-state index contributed by atoms with van der Waals surface area (Å²) in [5, 5.41) is 6.73. The van der Waals surface area contributed by atoms with Crippen LogP contribution >= 0.6 is 11.3 Å². The Balaban J connectivity index is 1.70. The quantitative estimate of drug-likeness (QED) is 0.553. The minimum Gasteiger partial charge on any atom is -0.365 e. The van der Waals surface area contributed by atoms with E-state index >= 15 is 0 Å². The maximum atomic E-state index is 4.48. The van der Waals surface area contributed by atoms with E-state index < -0.39 is 0 Å². The van der Waals surface area contributed by atoms with Crippen molar-refractivity contribution < 1.29 is 0 Å². The summed E-state index contributed by atoms with van der Waals surface area (Å²) in [6.07, 6.45) is 1.63. The van der Waals surface area contributed by atoms with E-state index in [1.165, 1.54) is 22.3 Å². The molecule has 4 heteroatoms. The van der Waals surface area contributed by atoms with E-state index in [0.29, 0.717) is 0 Å². The van der Waals surface area contributed by atoms with Crippen molar-refractivity contribution in [3.8, 4) is 11.1 Å². The number of thiophene rings is 1. The van der Waals surface area contributed by atoms with Crippen LogP contribution in [0.4, 0.5) is 5.82 Å². The molecule has 0 saturated heterocycles. The van der Waals surface area contributed by atoms with Crippen molar-refractivity contribution in [2.45, 2.75) is 13.5 Å². The summed E-state index contributed by atoms with van der Waals surface area (Å²) in [4.78, 5) is 9.91. The van der Waals surface area contributed by atoms with Crippen LogP contribution in [0.3, 0.4) is 0 Å². The number of hydrogen-bond acceptors (Lipinski definition) is 4. The maximum Gasteiger partial charge on any atom is 0.139 e. The summed E-state index contributed by atoms with van der Waals surface area (Å²) in [6.45, 7) is 2.85. The van der Waals surface area contributed by atoms with Crippen LogP contribution in [0, 0.1) is 6.92 Å². The number of aromatic nitrogens is 2. The first-order valence-electron chi connectivity index (χ1n) is 7.88. The fourth-order valence-corrected chi connectivity index (χ4v) is 3.65. The molecule has 0 spiro atoms. The Bertz CT molecular complexity index is 959. The van der Waals surface area contributed by atoms with E-state index in [1.807, 2.05) is 6.07 Å². The highest BCUT2D eigenvalue weighted by Gasteiger charge is 2.12. The van der Waals surface area contributed by atoms with E-state index in [2.05, 4.69) is 76.1 Å². The number of benzene rings is 2. The van der Waals surface area contributed by atoms with Crippen LogP contribution in [0.15, 0.2) is 66.3 Å². The van der Waals surface area contributed by atoms with Gasteiger partial charge in [0, 0.05) is 17.5 Å². The molecule has 24 heavy (non-hydrogen) atoms. The van der Waals surface area contributed by atoms with Gasteiger partial charge < -0.3 is 5.32 Å². The van der Waals surface area contributed by atoms with Crippen molar-refractivity contribution in [1.82, 2.24) is 9.97 Å². The Labute approximate surface area is 145 Å². The lowest BCUT2D eigenvalue weighted by molar-refractivity contribution is 1.10. The Kier molecular flexibility index (Phi) is 3.97. The molecule has 2 aromatic heterocycles. The summed E-state index contributed by atoms with van der Waals surface area (Å²) in [5.41, 5.74) is 4.88. The van der Waals surface area contributed by atoms with Crippen LogP contribution in [-0.4, -0.2) is 9.97 Å². The first kappa shape index (κ1) is 14.8. The molecule has 2 heterocycles. The zero-order valence-corrected chi connectivity index (χ0v) is 14.2. The second-order valence-corrected chi connectivity index (χ2v) is 6.62. The second-order valence-electron chi connectivity index (χ2n) is 5.76. The number of rotatable bonds is 4. The fourth-order valence-electron chi connectivity index (χ4n) is 2.73. The van der Waals surface area contributed by atoms with Gasteiger partial charge in [-0.3, -0.25) is 0 Å². The average molecular weight is 331 g/mol. The molecule has 0 atom stereocenters. The van der Waals surface area contributed by atoms with Gasteiger partial charge in [-0.1, -0.05) is 60.2 Å². The largest absolute Gasteiger partial charge is 0.365 e. The molecule has 0 amide bonds. The van der Waals surface area contributed by atoms with Crippen LogP contribution in [0.2, 0.25) is 0 Å². The van der Waals surface area contributed by atoms with Gasteiger partial charge in [-0.2, -0.15) is 0 Å². The van der Waals surface area contributed by atoms with Crippen molar-refractivity contribution in [2.24, 2.45) is 0 Å². The summed E-state index contributed by atoms with van der Waals surface area (Å²) in [6, 6.07) is 18.9. The lowest BCUT2D eigenvalue weighted by Gasteiger charge is -2.09. The van der Waals surface area contributed by atoms with Crippen molar-refractivity contribution >= 4 is 27.4 Å². The standard InChI is InChI=1S/C20H17N3S/c1-14-7-9-15(10-8-14)11-21-19-18-17(16-5-3-2-4-6-16)12-24-20(18)23-13-22-19/h2-10,12-13H,11H2,1H3,(H,21,22,23). The molecule has 0 bridgehead atoms. The van der Waals surface area contributed by atoms with Gasteiger partial charge in [0.25, 0.3) is 0 Å². The Hall–Kier alpha value is -2.72. The molecule has 0 unspecified atom stereocenters. The number of nitrogens with zero attached hydrogens (tertiary/aromatic N) is 2. The van der Waals surface area contributed by atoms with E-state index in [0.717, 1.165) is 22.6 Å². The number of aryl methyl sites for hydroxylation is 1. The lowest BCUT2D eigenvalue weighted by atomic mass is 10.1. The molecular weight excluding hydrogens is 314 g/mol. The summed E-state index contributed by atoms with van der Waals surface area (Å²) in [5.74, 6) is 0.890. The second kappa shape index (κ2) is 6.42. The minimum atomic E-state index is 0.746. The molecule has 0 radical (unpaired) electrons. The van der Waals surface area contributed by atoms with Gasteiger partial charge in [0.05, 0.1) is 5.39 Å². The van der Waals surface area contributed by atoms with Gasteiger partial charge in [0.2, 0.25) is 0 Å². The first-order valence-corrected chi connectivity index (χ1v) is 8.76. The van der Waals surface area contributed by atoms with Gasteiger partial charge in [0.15, 0.2) is 0 Å². The van der Waals surface area contributed by atoms with Gasteiger partial charge >= 0.3 is 0 Å². The highest BCUT2D eigenvalue weighted by Crippen LogP contribution is 2.36. The van der Waals surface area contributed by atoms with Crippen LogP contribution < -0.4 is 5.32 Å². The average Bonchev–Trinajstić information content (AvgIpc) is 3.07. The third kappa shape index (κ3) is 2.88. The Morgan fingerprint density at radius 3 is 2.54 bits per heavy atom. The number of anilines is 1. The van der Waals surface area contributed by atoms with Crippen LogP contribution in [0.1, 0.15) is 11.1 Å². The molecule has 0 aliphatic rings. The minimum absolute atomic E-state index is 0.746. The Morgan fingerprint density at radius 1 is 0.958 bits per heavy atom. The fraction of sp³-hybridized carbons (Fsp3) is 0.100. The topological polar surface area (TPSA) is 37.8 Å². The summed E-state index contributed by atoms with van der Waals surface area (Å²) < 4.78 is 0. The normalized spacial score (nSPS) is 10.9.